The van der Waals surface area contributed by atoms with Crippen molar-refractivity contribution in [1.29, 1.82) is 0 Å². The molecule has 28 heavy (non-hydrogen) atoms. The monoisotopic (exact) mass is 381 g/mol. The van der Waals surface area contributed by atoms with Crippen molar-refractivity contribution in [1.82, 2.24) is 20.2 Å². The van der Waals surface area contributed by atoms with Crippen LogP contribution in [0.5, 0.6) is 0 Å². The molecule has 0 saturated carbocycles. The third kappa shape index (κ3) is 3.86. The summed E-state index contributed by atoms with van der Waals surface area (Å²) in [5, 5.41) is 3.17. The predicted octanol–water partition coefficient (Wildman–Crippen LogP) is 1.95. The number of benzene rings is 1. The molecule has 0 bridgehead atoms. The SMILES string of the molecule is CC(C)[C@H]1CN2C[C@@H](NC(=O)c3cnc(N)nc3-c3ccccc3)C[C@H]2CO1. The van der Waals surface area contributed by atoms with Crippen molar-refractivity contribution in [3.05, 3.63) is 42.1 Å². The van der Waals surface area contributed by atoms with E-state index in [1.807, 2.05) is 30.3 Å². The van der Waals surface area contributed by atoms with Gasteiger partial charge in [-0.05, 0) is 12.3 Å². The van der Waals surface area contributed by atoms with E-state index in [4.69, 9.17) is 10.5 Å². The summed E-state index contributed by atoms with van der Waals surface area (Å²) < 4.78 is 5.99. The Bertz CT molecular complexity index is 842. The molecule has 0 aliphatic carbocycles. The van der Waals surface area contributed by atoms with Crippen molar-refractivity contribution >= 4 is 11.9 Å². The zero-order valence-corrected chi connectivity index (χ0v) is 16.3. The number of nitrogens with one attached hydrogen (secondary N) is 1. The molecule has 2 fully saturated rings. The molecular formula is C21H27N5O2. The van der Waals surface area contributed by atoms with Crippen LogP contribution < -0.4 is 11.1 Å². The summed E-state index contributed by atoms with van der Waals surface area (Å²) in [5.41, 5.74) is 7.62. The standard InChI is InChI=1S/C21H27N5O2/c1-13(2)18-11-26-10-15(8-16(26)12-28-18)24-20(27)17-9-23-21(22)25-19(17)14-6-4-3-5-7-14/h3-7,9,13,15-16,18H,8,10-12H2,1-2H3,(H,24,27)(H2,22,23,25)/t15-,16-,18+/m0/s1. The summed E-state index contributed by atoms with van der Waals surface area (Å²) >= 11 is 0. The second-order valence-electron chi connectivity index (χ2n) is 7.99. The maximum Gasteiger partial charge on any atom is 0.255 e. The number of carbonyl (C=O) groups is 1. The van der Waals surface area contributed by atoms with Crippen LogP contribution in [0.25, 0.3) is 11.3 Å². The highest BCUT2D eigenvalue weighted by atomic mass is 16.5. The van der Waals surface area contributed by atoms with E-state index in [1.165, 1.54) is 6.20 Å². The third-order valence-electron chi connectivity index (χ3n) is 5.62. The number of hydrogen-bond acceptors (Lipinski definition) is 6. The lowest BCUT2D eigenvalue weighted by molar-refractivity contribution is -0.0683. The van der Waals surface area contributed by atoms with Crippen LogP contribution in [0.3, 0.4) is 0 Å². The number of carbonyl (C=O) groups excluding carboxylic acids is 1. The first-order chi connectivity index (χ1) is 13.5. The van der Waals surface area contributed by atoms with Crippen LogP contribution in [0.4, 0.5) is 5.95 Å². The highest BCUT2D eigenvalue weighted by Crippen LogP contribution is 2.27. The number of anilines is 1. The molecule has 7 heteroatoms. The third-order valence-corrected chi connectivity index (χ3v) is 5.62. The van der Waals surface area contributed by atoms with Crippen molar-refractivity contribution in [2.45, 2.75) is 38.5 Å². The molecule has 3 heterocycles. The minimum absolute atomic E-state index is 0.0909. The van der Waals surface area contributed by atoms with E-state index in [0.717, 1.165) is 31.7 Å². The number of hydrogen-bond donors (Lipinski definition) is 2. The molecule has 148 valence electrons. The van der Waals surface area contributed by atoms with Crippen LogP contribution in [-0.2, 0) is 4.74 Å². The Morgan fingerprint density at radius 1 is 1.29 bits per heavy atom. The summed E-state index contributed by atoms with van der Waals surface area (Å²) in [5.74, 6) is 0.491. The van der Waals surface area contributed by atoms with E-state index >= 15 is 0 Å². The molecule has 0 spiro atoms. The molecule has 2 aliphatic heterocycles. The first-order valence-electron chi connectivity index (χ1n) is 9.85. The fourth-order valence-corrected chi connectivity index (χ4v) is 4.05. The Kier molecular flexibility index (Phi) is 5.28. The number of fused-ring (bicyclic) bond motifs is 1. The van der Waals surface area contributed by atoms with E-state index in [2.05, 4.69) is 34.0 Å². The Labute approximate surface area is 165 Å². The van der Waals surface area contributed by atoms with Gasteiger partial charge in [0.05, 0.1) is 24.0 Å². The number of aromatic nitrogens is 2. The van der Waals surface area contributed by atoms with Gasteiger partial charge >= 0.3 is 0 Å². The number of morpholine rings is 1. The molecule has 4 rings (SSSR count). The summed E-state index contributed by atoms with van der Waals surface area (Å²) in [4.78, 5) is 23.8. The van der Waals surface area contributed by atoms with Gasteiger partial charge in [0.15, 0.2) is 0 Å². The van der Waals surface area contributed by atoms with E-state index in [1.54, 1.807) is 0 Å². The number of nitrogens with two attached hydrogens (primary N) is 1. The van der Waals surface area contributed by atoms with Gasteiger partial charge in [-0.15, -0.1) is 0 Å². The van der Waals surface area contributed by atoms with Gasteiger partial charge in [0.1, 0.15) is 0 Å². The van der Waals surface area contributed by atoms with Gasteiger partial charge in [-0.25, -0.2) is 9.97 Å². The lowest BCUT2D eigenvalue weighted by atomic mass is 10.0. The van der Waals surface area contributed by atoms with E-state index < -0.39 is 0 Å². The first kappa shape index (κ1) is 18.8. The predicted molar refractivity (Wildman–Crippen MR) is 108 cm³/mol. The van der Waals surface area contributed by atoms with Gasteiger partial charge in [0, 0.05) is 36.9 Å². The number of amides is 1. The minimum atomic E-state index is -0.162. The number of nitrogen functional groups attached to an aromatic ring is 1. The van der Waals surface area contributed by atoms with Gasteiger partial charge in [0.25, 0.3) is 5.91 Å². The van der Waals surface area contributed by atoms with Crippen molar-refractivity contribution in [2.24, 2.45) is 5.92 Å². The second kappa shape index (κ2) is 7.85. The van der Waals surface area contributed by atoms with E-state index in [0.29, 0.717) is 23.2 Å². The van der Waals surface area contributed by atoms with Crippen LogP contribution >= 0.6 is 0 Å². The van der Waals surface area contributed by atoms with Gasteiger partial charge in [-0.3, -0.25) is 9.69 Å². The van der Waals surface area contributed by atoms with Gasteiger partial charge in [0.2, 0.25) is 5.95 Å². The molecule has 2 saturated heterocycles. The molecule has 0 radical (unpaired) electrons. The summed E-state index contributed by atoms with van der Waals surface area (Å²) in [6.45, 7) is 6.88. The topological polar surface area (TPSA) is 93.4 Å². The summed E-state index contributed by atoms with van der Waals surface area (Å²) in [6.07, 6.45) is 2.67. The highest BCUT2D eigenvalue weighted by Gasteiger charge is 2.38. The Balaban J connectivity index is 1.48. The summed E-state index contributed by atoms with van der Waals surface area (Å²) in [7, 11) is 0. The Hall–Kier alpha value is -2.51. The Morgan fingerprint density at radius 2 is 2.07 bits per heavy atom. The maximum atomic E-state index is 13.0. The normalized spacial score (nSPS) is 24.9. The van der Waals surface area contributed by atoms with Crippen molar-refractivity contribution in [3.63, 3.8) is 0 Å². The maximum absolute atomic E-state index is 13.0. The van der Waals surface area contributed by atoms with Gasteiger partial charge < -0.3 is 15.8 Å². The lowest BCUT2D eigenvalue weighted by Crippen LogP contribution is -2.48. The molecule has 1 aromatic carbocycles. The zero-order valence-electron chi connectivity index (χ0n) is 16.3. The highest BCUT2D eigenvalue weighted by molar-refractivity contribution is 6.00. The van der Waals surface area contributed by atoms with Crippen LogP contribution in [0, 0.1) is 5.92 Å². The molecule has 0 unspecified atom stereocenters. The lowest BCUT2D eigenvalue weighted by Gasteiger charge is -2.36. The largest absolute Gasteiger partial charge is 0.375 e. The van der Waals surface area contributed by atoms with Crippen molar-refractivity contribution in [3.8, 4) is 11.3 Å². The fraction of sp³-hybridized carbons (Fsp3) is 0.476. The van der Waals surface area contributed by atoms with Crippen molar-refractivity contribution in [2.75, 3.05) is 25.4 Å². The van der Waals surface area contributed by atoms with Crippen LogP contribution in [-0.4, -0.2) is 58.7 Å². The molecule has 7 nitrogen and oxygen atoms in total. The quantitative estimate of drug-likeness (QED) is 0.841. The minimum Gasteiger partial charge on any atom is -0.375 e. The molecule has 1 amide bonds. The molecule has 3 atom stereocenters. The zero-order chi connectivity index (χ0) is 19.7. The first-order valence-corrected chi connectivity index (χ1v) is 9.85. The summed E-state index contributed by atoms with van der Waals surface area (Å²) in [6, 6.07) is 10.0. The van der Waals surface area contributed by atoms with Crippen LogP contribution in [0.1, 0.15) is 30.6 Å². The van der Waals surface area contributed by atoms with E-state index in [-0.39, 0.29) is 24.0 Å². The molecular weight excluding hydrogens is 354 g/mol. The van der Waals surface area contributed by atoms with Gasteiger partial charge in [-0.1, -0.05) is 44.2 Å². The Morgan fingerprint density at radius 3 is 2.82 bits per heavy atom. The number of nitrogens with zero attached hydrogens (tertiary/aromatic N) is 3. The molecule has 2 aliphatic rings. The molecule has 2 aromatic rings. The second-order valence-corrected chi connectivity index (χ2v) is 7.99. The average molecular weight is 381 g/mol. The molecule has 3 N–H and O–H groups in total. The average Bonchev–Trinajstić information content (AvgIpc) is 3.09. The fourth-order valence-electron chi connectivity index (χ4n) is 4.05. The number of rotatable bonds is 4. The van der Waals surface area contributed by atoms with E-state index in [9.17, 15) is 4.79 Å². The smallest absolute Gasteiger partial charge is 0.255 e. The van der Waals surface area contributed by atoms with Crippen LogP contribution in [0.2, 0.25) is 0 Å². The number of ether oxygens (including phenoxy) is 1. The van der Waals surface area contributed by atoms with Gasteiger partial charge in [-0.2, -0.15) is 0 Å². The van der Waals surface area contributed by atoms with Crippen molar-refractivity contribution < 1.29 is 9.53 Å². The molecule has 1 aromatic heterocycles. The van der Waals surface area contributed by atoms with Crippen LogP contribution in [0.15, 0.2) is 36.5 Å².